The number of unbranched alkanes of at least 4 members (excludes halogenated alkanes) is 23. The van der Waals surface area contributed by atoms with E-state index in [4.69, 9.17) is 4.74 Å². The van der Waals surface area contributed by atoms with E-state index in [1.807, 2.05) is 0 Å². The van der Waals surface area contributed by atoms with Crippen LogP contribution >= 0.6 is 0 Å². The van der Waals surface area contributed by atoms with Crippen molar-refractivity contribution in [3.8, 4) is 0 Å². The molecule has 1 aliphatic heterocycles. The average Bonchev–Trinajstić information content (AvgIpc) is 2.91. The Morgan fingerprint density at radius 3 is 1.24 bits per heavy atom. The second kappa shape index (κ2) is 25.4. The van der Waals surface area contributed by atoms with Crippen LogP contribution in [0.15, 0.2) is 0 Å². The molecule has 3 nitrogen and oxygen atoms in total. The molecule has 1 heterocycles. The SMILES string of the molecule is CCCCCCCCCCCCCCCCCCCCCCCCCCC(=O)OC(C)(C)C1CCNCC1. The fraction of sp³-hybridized carbons (Fsp3) is 0.971. The van der Waals surface area contributed by atoms with E-state index in [0.29, 0.717) is 12.3 Å². The topological polar surface area (TPSA) is 38.3 Å². The van der Waals surface area contributed by atoms with Gasteiger partial charge in [-0.25, -0.2) is 0 Å². The molecule has 0 spiro atoms. The van der Waals surface area contributed by atoms with Crippen LogP contribution in [0.2, 0.25) is 0 Å². The molecule has 0 aromatic heterocycles. The zero-order valence-corrected chi connectivity index (χ0v) is 26.4. The third-order valence-corrected chi connectivity index (χ3v) is 8.93. The molecule has 38 heavy (non-hydrogen) atoms. The zero-order chi connectivity index (χ0) is 27.6. The van der Waals surface area contributed by atoms with Crippen molar-refractivity contribution < 1.29 is 9.53 Å². The predicted molar refractivity (Wildman–Crippen MR) is 167 cm³/mol. The predicted octanol–water partition coefficient (Wildman–Crippen LogP) is 11.1. The van der Waals surface area contributed by atoms with Crippen molar-refractivity contribution in [2.45, 2.75) is 200 Å². The minimum Gasteiger partial charge on any atom is -0.459 e. The molecule has 0 unspecified atom stereocenters. The van der Waals surface area contributed by atoms with Crippen molar-refractivity contribution in [3.05, 3.63) is 0 Å². The van der Waals surface area contributed by atoms with Crippen LogP contribution in [0.3, 0.4) is 0 Å². The van der Waals surface area contributed by atoms with Gasteiger partial charge in [0.25, 0.3) is 0 Å². The number of carbonyl (C=O) groups is 1. The molecule has 1 fully saturated rings. The number of hydrogen-bond donors (Lipinski definition) is 1. The van der Waals surface area contributed by atoms with Crippen LogP contribution in [0.1, 0.15) is 194 Å². The molecule has 0 atom stereocenters. The summed E-state index contributed by atoms with van der Waals surface area (Å²) in [4.78, 5) is 12.3. The van der Waals surface area contributed by atoms with E-state index < -0.39 is 0 Å². The summed E-state index contributed by atoms with van der Waals surface area (Å²) in [7, 11) is 0. The second-order valence-corrected chi connectivity index (χ2v) is 13.0. The third-order valence-electron chi connectivity index (χ3n) is 8.93. The highest BCUT2D eigenvalue weighted by Crippen LogP contribution is 2.29. The largest absolute Gasteiger partial charge is 0.459 e. The highest BCUT2D eigenvalue weighted by molar-refractivity contribution is 5.69. The Hall–Kier alpha value is -0.570. The number of carbonyl (C=O) groups excluding carboxylic acids is 1. The lowest BCUT2D eigenvalue weighted by Crippen LogP contribution is -2.42. The van der Waals surface area contributed by atoms with E-state index in [1.165, 1.54) is 148 Å². The number of nitrogens with one attached hydrogen (secondary N) is 1. The Kier molecular flexibility index (Phi) is 23.7. The minimum atomic E-state index is -0.314. The van der Waals surface area contributed by atoms with Crippen LogP contribution in [-0.4, -0.2) is 24.7 Å². The number of hydrogen-bond acceptors (Lipinski definition) is 3. The van der Waals surface area contributed by atoms with Gasteiger partial charge in [-0.3, -0.25) is 4.79 Å². The van der Waals surface area contributed by atoms with Gasteiger partial charge in [-0.05, 0) is 46.2 Å². The first-order valence-corrected chi connectivity index (χ1v) is 17.5. The van der Waals surface area contributed by atoms with Crippen molar-refractivity contribution in [3.63, 3.8) is 0 Å². The van der Waals surface area contributed by atoms with Gasteiger partial charge in [0.2, 0.25) is 0 Å². The lowest BCUT2D eigenvalue weighted by molar-refractivity contribution is -0.162. The van der Waals surface area contributed by atoms with Crippen LogP contribution in [-0.2, 0) is 9.53 Å². The van der Waals surface area contributed by atoms with E-state index in [2.05, 4.69) is 26.1 Å². The van der Waals surface area contributed by atoms with Crippen molar-refractivity contribution in [2.24, 2.45) is 5.92 Å². The highest BCUT2D eigenvalue weighted by atomic mass is 16.6. The van der Waals surface area contributed by atoms with Crippen molar-refractivity contribution in [2.75, 3.05) is 13.1 Å². The Balaban J connectivity index is 1.74. The number of esters is 1. The lowest BCUT2D eigenvalue weighted by Gasteiger charge is -2.36. The summed E-state index contributed by atoms with van der Waals surface area (Å²) in [6.07, 6.45) is 36.4. The van der Waals surface area contributed by atoms with Gasteiger partial charge >= 0.3 is 5.97 Å². The average molecular weight is 536 g/mol. The molecule has 1 rings (SSSR count). The fourth-order valence-electron chi connectivity index (χ4n) is 6.18. The molecule has 0 amide bonds. The third kappa shape index (κ3) is 21.3. The van der Waals surface area contributed by atoms with Crippen LogP contribution in [0.4, 0.5) is 0 Å². The van der Waals surface area contributed by atoms with Gasteiger partial charge in [0, 0.05) is 12.3 Å². The summed E-state index contributed by atoms with van der Waals surface area (Å²) in [5.41, 5.74) is -0.314. The summed E-state index contributed by atoms with van der Waals surface area (Å²) in [5.74, 6) is 0.499. The van der Waals surface area contributed by atoms with E-state index in [-0.39, 0.29) is 11.6 Å². The molecular weight excluding hydrogens is 466 g/mol. The van der Waals surface area contributed by atoms with Gasteiger partial charge in [0.15, 0.2) is 0 Å². The molecule has 0 saturated carbocycles. The van der Waals surface area contributed by atoms with E-state index in [9.17, 15) is 4.79 Å². The number of piperidine rings is 1. The molecule has 1 N–H and O–H groups in total. The maximum absolute atomic E-state index is 12.3. The van der Waals surface area contributed by atoms with Gasteiger partial charge in [0.1, 0.15) is 5.60 Å². The summed E-state index contributed by atoms with van der Waals surface area (Å²) in [6.45, 7) is 8.59. The molecule has 3 heteroatoms. The first-order valence-electron chi connectivity index (χ1n) is 17.5. The summed E-state index contributed by atoms with van der Waals surface area (Å²) in [6, 6.07) is 0. The fourth-order valence-corrected chi connectivity index (χ4v) is 6.18. The Morgan fingerprint density at radius 1 is 0.579 bits per heavy atom. The van der Waals surface area contributed by atoms with Gasteiger partial charge in [-0.2, -0.15) is 0 Å². The standard InChI is InChI=1S/C35H69NO2/c1-4-5-6-7-8-9-10-11-12-13-14-15-16-17-18-19-20-21-22-23-24-25-26-27-28-34(37)38-35(2,3)33-29-31-36-32-30-33/h33,36H,4-32H2,1-3H3. The smallest absolute Gasteiger partial charge is 0.306 e. The monoisotopic (exact) mass is 536 g/mol. The number of ether oxygens (including phenoxy) is 1. The molecule has 0 aliphatic carbocycles. The zero-order valence-electron chi connectivity index (χ0n) is 26.4. The lowest BCUT2D eigenvalue weighted by atomic mass is 9.83. The summed E-state index contributed by atoms with van der Waals surface area (Å²) < 4.78 is 5.86. The molecule has 1 aliphatic rings. The second-order valence-electron chi connectivity index (χ2n) is 13.0. The van der Waals surface area contributed by atoms with Crippen LogP contribution in [0, 0.1) is 5.92 Å². The molecule has 0 radical (unpaired) electrons. The molecular formula is C35H69NO2. The van der Waals surface area contributed by atoms with Gasteiger partial charge in [-0.15, -0.1) is 0 Å². The quantitative estimate of drug-likeness (QED) is 0.0839. The van der Waals surface area contributed by atoms with Crippen molar-refractivity contribution in [1.29, 1.82) is 0 Å². The first-order chi connectivity index (χ1) is 18.6. The Labute approximate surface area is 239 Å². The Bertz CT molecular complexity index is 512. The van der Waals surface area contributed by atoms with Gasteiger partial charge in [-0.1, -0.05) is 155 Å². The maximum atomic E-state index is 12.3. The maximum Gasteiger partial charge on any atom is 0.306 e. The van der Waals surface area contributed by atoms with E-state index >= 15 is 0 Å². The van der Waals surface area contributed by atoms with Crippen LogP contribution in [0.25, 0.3) is 0 Å². The van der Waals surface area contributed by atoms with Crippen LogP contribution in [0.5, 0.6) is 0 Å². The molecule has 226 valence electrons. The van der Waals surface area contributed by atoms with E-state index in [1.54, 1.807) is 0 Å². The summed E-state index contributed by atoms with van der Waals surface area (Å²) in [5, 5.41) is 3.39. The van der Waals surface area contributed by atoms with Crippen molar-refractivity contribution in [1.82, 2.24) is 5.32 Å². The van der Waals surface area contributed by atoms with Crippen LogP contribution < -0.4 is 5.32 Å². The molecule has 1 saturated heterocycles. The first kappa shape index (κ1) is 35.5. The normalized spacial score (nSPS) is 14.7. The highest BCUT2D eigenvalue weighted by Gasteiger charge is 2.33. The Morgan fingerprint density at radius 2 is 0.895 bits per heavy atom. The van der Waals surface area contributed by atoms with Gasteiger partial charge in [0.05, 0.1) is 0 Å². The molecule has 0 aromatic rings. The summed E-state index contributed by atoms with van der Waals surface area (Å²) >= 11 is 0. The minimum absolute atomic E-state index is 0.00679. The van der Waals surface area contributed by atoms with Crippen molar-refractivity contribution >= 4 is 5.97 Å². The van der Waals surface area contributed by atoms with E-state index in [0.717, 1.165) is 32.4 Å². The molecule has 0 bridgehead atoms. The molecule has 0 aromatic carbocycles. The van der Waals surface area contributed by atoms with Gasteiger partial charge < -0.3 is 10.1 Å². The number of rotatable bonds is 27.